The molecule has 3 heterocycles. The minimum Gasteiger partial charge on any atom is -0.508 e. The van der Waals surface area contributed by atoms with Crippen molar-refractivity contribution < 1.29 is 9.90 Å². The van der Waals surface area contributed by atoms with E-state index in [4.69, 9.17) is 11.5 Å². The monoisotopic (exact) mass is 382 g/mol. The van der Waals surface area contributed by atoms with Crippen LogP contribution in [0.25, 0.3) is 27.6 Å². The van der Waals surface area contributed by atoms with E-state index in [1.54, 1.807) is 23.0 Å². The van der Waals surface area contributed by atoms with E-state index in [0.717, 1.165) is 5.70 Å². The zero-order valence-electron chi connectivity index (χ0n) is 14.8. The molecular formula is C18H18N6O2S. The predicted molar refractivity (Wildman–Crippen MR) is 105 cm³/mol. The van der Waals surface area contributed by atoms with Crippen molar-refractivity contribution in [2.24, 2.45) is 11.7 Å². The predicted octanol–water partition coefficient (Wildman–Crippen LogP) is 2.95. The summed E-state index contributed by atoms with van der Waals surface area (Å²) in [5, 5.41) is 12.7. The summed E-state index contributed by atoms with van der Waals surface area (Å²) in [7, 11) is 0. The van der Waals surface area contributed by atoms with Gasteiger partial charge in [0, 0.05) is 28.8 Å². The number of aliphatic hydroxyl groups excluding tert-OH is 1. The van der Waals surface area contributed by atoms with Crippen molar-refractivity contribution in [1.82, 2.24) is 19.5 Å². The largest absolute Gasteiger partial charge is 0.508 e. The highest BCUT2D eigenvalue weighted by atomic mass is 32.1. The number of amides is 1. The van der Waals surface area contributed by atoms with E-state index in [0.29, 0.717) is 33.9 Å². The lowest BCUT2D eigenvalue weighted by Crippen LogP contribution is -2.17. The van der Waals surface area contributed by atoms with Crippen LogP contribution in [-0.4, -0.2) is 30.5 Å². The Balaban J connectivity index is 2.05. The summed E-state index contributed by atoms with van der Waals surface area (Å²) in [4.78, 5) is 25.4. The average molecular weight is 382 g/mol. The van der Waals surface area contributed by atoms with Crippen molar-refractivity contribution >= 4 is 39.9 Å². The van der Waals surface area contributed by atoms with Gasteiger partial charge in [-0.2, -0.15) is 0 Å². The number of nitrogens with zero attached hydrogens (tertiary/aromatic N) is 4. The van der Waals surface area contributed by atoms with Crippen LogP contribution in [0.2, 0.25) is 0 Å². The van der Waals surface area contributed by atoms with Crippen LogP contribution in [0, 0.1) is 5.92 Å². The van der Waals surface area contributed by atoms with Gasteiger partial charge in [-0.25, -0.2) is 15.0 Å². The molecule has 0 aromatic carbocycles. The minimum atomic E-state index is -0.677. The average Bonchev–Trinajstić information content (AvgIpc) is 3.25. The third kappa shape index (κ3) is 2.58. The fraction of sp³-hybridized carbons (Fsp3) is 0.222. The first-order valence-corrected chi connectivity index (χ1v) is 9.25. The Morgan fingerprint density at radius 1 is 1.41 bits per heavy atom. The highest BCUT2D eigenvalue weighted by molar-refractivity contribution is 7.13. The highest BCUT2D eigenvalue weighted by Crippen LogP contribution is 2.38. The Bertz CT molecular complexity index is 1130. The summed E-state index contributed by atoms with van der Waals surface area (Å²) in [5.41, 5.74) is 14.8. The number of hydrogen-bond donors (Lipinski definition) is 3. The molecule has 8 nitrogen and oxygen atoms in total. The smallest absolute Gasteiger partial charge is 0.254 e. The van der Waals surface area contributed by atoms with Gasteiger partial charge in [-0.1, -0.05) is 6.92 Å². The normalized spacial score (nSPS) is 17.4. The maximum absolute atomic E-state index is 12.1. The number of allylic oxidation sites excluding steroid dienone is 3. The number of anilines is 1. The number of fused-ring (bicyclic) bond motifs is 1. The fourth-order valence-corrected chi connectivity index (χ4v) is 4.03. The number of nitrogen functional groups attached to an aromatic ring is 1. The molecule has 1 amide bonds. The number of primary amides is 1. The van der Waals surface area contributed by atoms with E-state index in [9.17, 15) is 9.90 Å². The molecule has 1 atom stereocenters. The number of nitrogens with two attached hydrogens (primary N) is 2. The molecule has 138 valence electrons. The minimum absolute atomic E-state index is 0.0694. The van der Waals surface area contributed by atoms with Gasteiger partial charge >= 0.3 is 0 Å². The Kier molecular flexibility index (Phi) is 3.96. The lowest BCUT2D eigenvalue weighted by Gasteiger charge is -2.24. The summed E-state index contributed by atoms with van der Waals surface area (Å²) in [6.45, 7) is 3.83. The number of rotatable bonds is 3. The first-order valence-electron chi connectivity index (χ1n) is 8.37. The summed E-state index contributed by atoms with van der Waals surface area (Å²) in [6.07, 6.45) is 5.69. The molecule has 3 aromatic rings. The zero-order chi connectivity index (χ0) is 19.3. The van der Waals surface area contributed by atoms with Gasteiger partial charge < -0.3 is 16.6 Å². The molecule has 0 saturated carbocycles. The third-order valence-electron chi connectivity index (χ3n) is 4.74. The molecule has 0 aliphatic heterocycles. The van der Waals surface area contributed by atoms with Gasteiger partial charge in [-0.3, -0.25) is 9.36 Å². The number of hydrogen-bond acceptors (Lipinski definition) is 7. The SMILES string of the molecule is CC1=C(n2c(N)c(C(N)=O)c3nc(-c4nccs4)cnc32)C(C)CC=C1O. The molecular weight excluding hydrogens is 364 g/mol. The van der Waals surface area contributed by atoms with Crippen LogP contribution in [-0.2, 0) is 0 Å². The van der Waals surface area contributed by atoms with Gasteiger partial charge in [-0.15, -0.1) is 11.3 Å². The second-order valence-electron chi connectivity index (χ2n) is 6.46. The van der Waals surface area contributed by atoms with E-state index in [-0.39, 0.29) is 23.1 Å². The van der Waals surface area contributed by atoms with Gasteiger partial charge in [0.15, 0.2) is 5.65 Å². The van der Waals surface area contributed by atoms with Crippen molar-refractivity contribution in [3.05, 3.63) is 40.7 Å². The Labute approximate surface area is 158 Å². The van der Waals surface area contributed by atoms with E-state index in [2.05, 4.69) is 15.0 Å². The van der Waals surface area contributed by atoms with Crippen LogP contribution >= 0.6 is 11.3 Å². The molecule has 4 rings (SSSR count). The highest BCUT2D eigenvalue weighted by Gasteiger charge is 2.29. The van der Waals surface area contributed by atoms with Crippen molar-refractivity contribution in [3.8, 4) is 10.7 Å². The molecule has 1 unspecified atom stereocenters. The lowest BCUT2D eigenvalue weighted by atomic mass is 9.93. The molecule has 0 bridgehead atoms. The van der Waals surface area contributed by atoms with E-state index < -0.39 is 5.91 Å². The Hall–Kier alpha value is -3.20. The maximum Gasteiger partial charge on any atom is 0.254 e. The van der Waals surface area contributed by atoms with E-state index >= 15 is 0 Å². The Morgan fingerprint density at radius 3 is 2.85 bits per heavy atom. The van der Waals surface area contributed by atoms with Gasteiger partial charge in [0.25, 0.3) is 5.91 Å². The van der Waals surface area contributed by atoms with E-state index in [1.807, 2.05) is 19.2 Å². The van der Waals surface area contributed by atoms with Crippen molar-refractivity contribution in [1.29, 1.82) is 0 Å². The first kappa shape index (κ1) is 17.2. The molecule has 0 radical (unpaired) electrons. The third-order valence-corrected chi connectivity index (χ3v) is 5.53. The molecule has 0 spiro atoms. The number of carbonyl (C=O) groups is 1. The molecule has 1 aliphatic rings. The van der Waals surface area contributed by atoms with Gasteiger partial charge in [-0.05, 0) is 19.4 Å². The molecule has 0 fully saturated rings. The van der Waals surface area contributed by atoms with Crippen LogP contribution in [0.4, 0.5) is 5.82 Å². The van der Waals surface area contributed by atoms with Crippen LogP contribution in [0.1, 0.15) is 30.6 Å². The fourth-order valence-electron chi connectivity index (χ4n) is 3.44. The van der Waals surface area contributed by atoms with Gasteiger partial charge in [0.1, 0.15) is 33.4 Å². The summed E-state index contributed by atoms with van der Waals surface area (Å²) in [6, 6.07) is 0. The molecule has 3 aromatic heterocycles. The number of aromatic nitrogens is 4. The number of carbonyl (C=O) groups excluding carboxylic acids is 1. The van der Waals surface area contributed by atoms with Crippen LogP contribution in [0.3, 0.4) is 0 Å². The molecule has 1 aliphatic carbocycles. The topological polar surface area (TPSA) is 133 Å². The zero-order valence-corrected chi connectivity index (χ0v) is 15.6. The molecule has 5 N–H and O–H groups in total. The Morgan fingerprint density at radius 2 is 2.19 bits per heavy atom. The maximum atomic E-state index is 12.1. The number of aliphatic hydroxyl groups is 1. The van der Waals surface area contributed by atoms with Crippen molar-refractivity contribution in [3.63, 3.8) is 0 Å². The second kappa shape index (κ2) is 6.20. The molecule has 27 heavy (non-hydrogen) atoms. The first-order chi connectivity index (χ1) is 12.9. The van der Waals surface area contributed by atoms with Crippen LogP contribution in [0.15, 0.2) is 35.2 Å². The van der Waals surface area contributed by atoms with Crippen molar-refractivity contribution in [2.75, 3.05) is 5.73 Å². The van der Waals surface area contributed by atoms with Gasteiger partial charge in [0.05, 0.1) is 6.20 Å². The molecule has 0 saturated heterocycles. The van der Waals surface area contributed by atoms with Crippen molar-refractivity contribution in [2.45, 2.75) is 20.3 Å². The van der Waals surface area contributed by atoms with Crippen LogP contribution in [0.5, 0.6) is 0 Å². The van der Waals surface area contributed by atoms with E-state index in [1.165, 1.54) is 11.3 Å². The lowest BCUT2D eigenvalue weighted by molar-refractivity contribution is 0.100. The summed E-state index contributed by atoms with van der Waals surface area (Å²) in [5.74, 6) is -0.245. The molecule has 9 heteroatoms. The quantitative estimate of drug-likeness (QED) is 0.638. The van der Waals surface area contributed by atoms with Gasteiger partial charge in [0.2, 0.25) is 0 Å². The standard InChI is InChI=1S/C18H18N6O2S/c1-8-3-4-11(25)9(2)14(8)24-15(19)12(16(20)26)13-17(24)22-7-10(23-13)18-21-5-6-27-18/h4-8,25H,3,19H2,1-2H3,(H2,20,26). The summed E-state index contributed by atoms with van der Waals surface area (Å²) < 4.78 is 1.68. The summed E-state index contributed by atoms with van der Waals surface area (Å²) >= 11 is 1.42. The number of thiazole rings is 1. The van der Waals surface area contributed by atoms with Crippen LogP contribution < -0.4 is 11.5 Å². The second-order valence-corrected chi connectivity index (χ2v) is 7.36.